The van der Waals surface area contributed by atoms with Crippen LogP contribution in [0.5, 0.6) is 0 Å². The molecular weight excluding hydrogens is 239 g/mol. The number of nitrogens with zero attached hydrogens (tertiary/aromatic N) is 1. The van der Waals surface area contributed by atoms with Crippen molar-refractivity contribution in [1.82, 2.24) is 10.3 Å². The van der Waals surface area contributed by atoms with Crippen LogP contribution >= 0.6 is 0 Å². The predicted molar refractivity (Wildman–Crippen MR) is 75.5 cm³/mol. The number of halogens is 1. The summed E-state index contributed by atoms with van der Waals surface area (Å²) in [6, 6.07) is 13.1. The lowest BCUT2D eigenvalue weighted by Crippen LogP contribution is -2.28. The van der Waals surface area contributed by atoms with Crippen LogP contribution in [0.25, 0.3) is 0 Å². The van der Waals surface area contributed by atoms with E-state index in [0.717, 1.165) is 30.5 Å². The van der Waals surface area contributed by atoms with Gasteiger partial charge in [-0.1, -0.05) is 18.2 Å². The van der Waals surface area contributed by atoms with E-state index in [9.17, 15) is 4.39 Å². The van der Waals surface area contributed by atoms with Crippen LogP contribution in [0.15, 0.2) is 48.7 Å². The summed E-state index contributed by atoms with van der Waals surface area (Å²) in [5.74, 6) is -0.169. The number of pyridine rings is 1. The lowest BCUT2D eigenvalue weighted by Gasteiger charge is -2.16. The standard InChI is InChI=1S/C16H19FN2/c1-18-16(9-8-15-7-2-3-10-19-15)12-13-5-4-6-14(17)11-13/h2-7,10-11,16,18H,8-9,12H2,1H3. The Morgan fingerprint density at radius 3 is 2.79 bits per heavy atom. The van der Waals surface area contributed by atoms with Crippen LogP contribution in [0.1, 0.15) is 17.7 Å². The lowest BCUT2D eigenvalue weighted by atomic mass is 10.0. The SMILES string of the molecule is CNC(CCc1ccccn1)Cc1cccc(F)c1. The van der Waals surface area contributed by atoms with Gasteiger partial charge in [-0.3, -0.25) is 4.98 Å². The fraction of sp³-hybridized carbons (Fsp3) is 0.312. The number of nitrogens with one attached hydrogen (secondary N) is 1. The third kappa shape index (κ3) is 4.45. The molecule has 1 aromatic heterocycles. The molecule has 2 rings (SSSR count). The zero-order chi connectivity index (χ0) is 13.5. The molecule has 0 aliphatic carbocycles. The van der Waals surface area contributed by atoms with Crippen LogP contribution in [0, 0.1) is 5.82 Å². The van der Waals surface area contributed by atoms with Crippen LogP contribution in [0.4, 0.5) is 4.39 Å². The fourth-order valence-corrected chi connectivity index (χ4v) is 2.17. The van der Waals surface area contributed by atoms with E-state index < -0.39 is 0 Å². The van der Waals surface area contributed by atoms with Gasteiger partial charge in [0.25, 0.3) is 0 Å². The summed E-state index contributed by atoms with van der Waals surface area (Å²) in [7, 11) is 1.95. The predicted octanol–water partition coefficient (Wildman–Crippen LogP) is 2.98. The van der Waals surface area contributed by atoms with E-state index in [-0.39, 0.29) is 5.82 Å². The van der Waals surface area contributed by atoms with Gasteiger partial charge in [0.15, 0.2) is 0 Å². The summed E-state index contributed by atoms with van der Waals surface area (Å²) in [6.07, 6.45) is 4.57. The third-order valence-electron chi connectivity index (χ3n) is 3.25. The summed E-state index contributed by atoms with van der Waals surface area (Å²) < 4.78 is 13.1. The number of hydrogen-bond donors (Lipinski definition) is 1. The van der Waals surface area contributed by atoms with Crippen LogP contribution in [-0.4, -0.2) is 18.1 Å². The molecule has 2 nitrogen and oxygen atoms in total. The quantitative estimate of drug-likeness (QED) is 0.861. The van der Waals surface area contributed by atoms with Crippen molar-refractivity contribution >= 4 is 0 Å². The highest BCUT2D eigenvalue weighted by atomic mass is 19.1. The number of rotatable bonds is 6. The second kappa shape index (κ2) is 7.00. The second-order valence-electron chi connectivity index (χ2n) is 4.68. The Morgan fingerprint density at radius 2 is 2.11 bits per heavy atom. The summed E-state index contributed by atoms with van der Waals surface area (Å²) >= 11 is 0. The molecule has 0 saturated heterocycles. The molecule has 0 amide bonds. The molecular formula is C16H19FN2. The number of aromatic nitrogens is 1. The first kappa shape index (κ1) is 13.7. The molecule has 1 atom stereocenters. The highest BCUT2D eigenvalue weighted by Gasteiger charge is 2.08. The van der Waals surface area contributed by atoms with Crippen molar-refractivity contribution in [3.8, 4) is 0 Å². The van der Waals surface area contributed by atoms with Crippen molar-refractivity contribution in [2.24, 2.45) is 0 Å². The van der Waals surface area contributed by atoms with Crippen LogP contribution in [0.3, 0.4) is 0 Å². The number of benzene rings is 1. The normalized spacial score (nSPS) is 12.3. The Kier molecular flexibility index (Phi) is 5.04. The molecule has 0 aliphatic heterocycles. The average Bonchev–Trinajstić information content (AvgIpc) is 2.44. The van der Waals surface area contributed by atoms with E-state index in [1.807, 2.05) is 37.5 Å². The van der Waals surface area contributed by atoms with Gasteiger partial charge in [0.1, 0.15) is 5.82 Å². The van der Waals surface area contributed by atoms with Gasteiger partial charge in [-0.2, -0.15) is 0 Å². The molecule has 0 fully saturated rings. The Morgan fingerprint density at radius 1 is 1.21 bits per heavy atom. The first-order valence-electron chi connectivity index (χ1n) is 6.59. The molecule has 0 radical (unpaired) electrons. The maximum absolute atomic E-state index is 13.1. The fourth-order valence-electron chi connectivity index (χ4n) is 2.17. The molecule has 1 aromatic carbocycles. The largest absolute Gasteiger partial charge is 0.317 e. The summed E-state index contributed by atoms with van der Waals surface area (Å²) in [4.78, 5) is 4.32. The van der Waals surface area contributed by atoms with Crippen LogP contribution < -0.4 is 5.32 Å². The van der Waals surface area contributed by atoms with Crippen LogP contribution in [-0.2, 0) is 12.8 Å². The minimum absolute atomic E-state index is 0.169. The van der Waals surface area contributed by atoms with E-state index in [1.165, 1.54) is 6.07 Å². The monoisotopic (exact) mass is 258 g/mol. The van der Waals surface area contributed by atoms with Gasteiger partial charge in [0, 0.05) is 17.9 Å². The van der Waals surface area contributed by atoms with Crippen molar-refractivity contribution in [3.05, 3.63) is 65.7 Å². The molecule has 1 unspecified atom stereocenters. The number of hydrogen-bond acceptors (Lipinski definition) is 2. The van der Waals surface area contributed by atoms with Gasteiger partial charge >= 0.3 is 0 Å². The molecule has 19 heavy (non-hydrogen) atoms. The number of likely N-dealkylation sites (N-methyl/N-ethyl adjacent to an activating group) is 1. The maximum Gasteiger partial charge on any atom is 0.123 e. The van der Waals surface area contributed by atoms with E-state index in [0.29, 0.717) is 6.04 Å². The van der Waals surface area contributed by atoms with E-state index in [2.05, 4.69) is 10.3 Å². The molecule has 0 bridgehead atoms. The summed E-state index contributed by atoms with van der Waals surface area (Å²) in [6.45, 7) is 0. The van der Waals surface area contributed by atoms with Crippen molar-refractivity contribution in [2.45, 2.75) is 25.3 Å². The molecule has 0 saturated carbocycles. The van der Waals surface area contributed by atoms with Gasteiger partial charge in [-0.05, 0) is 56.1 Å². The van der Waals surface area contributed by atoms with Crippen molar-refractivity contribution in [2.75, 3.05) is 7.05 Å². The molecule has 1 N–H and O–H groups in total. The molecule has 0 spiro atoms. The van der Waals surface area contributed by atoms with Gasteiger partial charge in [-0.15, -0.1) is 0 Å². The first-order chi connectivity index (χ1) is 9.28. The van der Waals surface area contributed by atoms with E-state index >= 15 is 0 Å². The highest BCUT2D eigenvalue weighted by molar-refractivity contribution is 5.17. The second-order valence-corrected chi connectivity index (χ2v) is 4.68. The Balaban J connectivity index is 1.90. The zero-order valence-electron chi connectivity index (χ0n) is 11.1. The van der Waals surface area contributed by atoms with Crippen molar-refractivity contribution in [1.29, 1.82) is 0 Å². The van der Waals surface area contributed by atoms with Gasteiger partial charge in [-0.25, -0.2) is 4.39 Å². The minimum atomic E-state index is -0.169. The topological polar surface area (TPSA) is 24.9 Å². The van der Waals surface area contributed by atoms with Crippen LogP contribution in [0.2, 0.25) is 0 Å². The smallest absolute Gasteiger partial charge is 0.123 e. The Labute approximate surface area is 113 Å². The Bertz CT molecular complexity index is 499. The lowest BCUT2D eigenvalue weighted by molar-refractivity contribution is 0.515. The average molecular weight is 258 g/mol. The molecule has 2 aromatic rings. The molecule has 1 heterocycles. The van der Waals surface area contributed by atoms with Crippen molar-refractivity contribution < 1.29 is 4.39 Å². The Hall–Kier alpha value is -1.74. The summed E-state index contributed by atoms with van der Waals surface area (Å²) in [5, 5.41) is 3.29. The third-order valence-corrected chi connectivity index (χ3v) is 3.25. The van der Waals surface area contributed by atoms with E-state index in [1.54, 1.807) is 12.1 Å². The van der Waals surface area contributed by atoms with Gasteiger partial charge < -0.3 is 5.32 Å². The zero-order valence-corrected chi connectivity index (χ0v) is 11.1. The van der Waals surface area contributed by atoms with E-state index in [4.69, 9.17) is 0 Å². The molecule has 3 heteroatoms. The van der Waals surface area contributed by atoms with Gasteiger partial charge in [0.05, 0.1) is 0 Å². The summed E-state index contributed by atoms with van der Waals surface area (Å²) in [5.41, 5.74) is 2.13. The molecule has 100 valence electrons. The minimum Gasteiger partial charge on any atom is -0.317 e. The molecule has 0 aliphatic rings. The van der Waals surface area contributed by atoms with Gasteiger partial charge in [0.2, 0.25) is 0 Å². The number of aryl methyl sites for hydroxylation is 1. The first-order valence-corrected chi connectivity index (χ1v) is 6.59. The highest BCUT2D eigenvalue weighted by Crippen LogP contribution is 2.10. The van der Waals surface area contributed by atoms with Crippen molar-refractivity contribution in [3.63, 3.8) is 0 Å². The maximum atomic E-state index is 13.1.